The van der Waals surface area contributed by atoms with Crippen molar-refractivity contribution >= 4 is 56.3 Å². The van der Waals surface area contributed by atoms with Gasteiger partial charge in [0.15, 0.2) is 0 Å². The van der Waals surface area contributed by atoms with E-state index in [9.17, 15) is 13.2 Å². The lowest BCUT2D eigenvalue weighted by atomic mass is 10.1. The van der Waals surface area contributed by atoms with Crippen molar-refractivity contribution in [1.29, 1.82) is 0 Å². The molecule has 1 atom stereocenters. The van der Waals surface area contributed by atoms with E-state index in [0.717, 1.165) is 25.5 Å². The fraction of sp³-hybridized carbons (Fsp3) is 0.286. The Morgan fingerprint density at radius 3 is 2.56 bits per heavy atom. The second-order valence-electron chi connectivity index (χ2n) is 9.47. The number of ether oxygens (including phenoxy) is 1. The second kappa shape index (κ2) is 13.1. The van der Waals surface area contributed by atoms with Crippen LogP contribution in [0.3, 0.4) is 0 Å². The third kappa shape index (κ3) is 7.29. The molecular weight excluding hydrogens is 585 g/mol. The van der Waals surface area contributed by atoms with Gasteiger partial charge in [-0.25, -0.2) is 17.4 Å². The number of carbonyl (C=O) groups excluding carboxylic acids is 1. The number of hydrogen-bond donors (Lipinski definition) is 1. The van der Waals surface area contributed by atoms with Crippen LogP contribution in [0.1, 0.15) is 25.3 Å². The van der Waals surface area contributed by atoms with Crippen LogP contribution in [0.4, 0.5) is 0 Å². The Labute approximate surface area is 248 Å². The van der Waals surface area contributed by atoms with Crippen LogP contribution in [0, 0.1) is 0 Å². The number of hydrogen-bond acceptors (Lipinski definition) is 8. The summed E-state index contributed by atoms with van der Waals surface area (Å²) in [6, 6.07) is 16.3. The fourth-order valence-corrected chi connectivity index (χ4v) is 6.45. The van der Waals surface area contributed by atoms with Crippen molar-refractivity contribution in [2.45, 2.75) is 30.8 Å². The summed E-state index contributed by atoms with van der Waals surface area (Å²) < 4.78 is 34.7. The molecule has 5 rings (SSSR count). The molecule has 0 saturated carbocycles. The van der Waals surface area contributed by atoms with Crippen molar-refractivity contribution in [1.82, 2.24) is 19.0 Å². The maximum atomic E-state index is 13.3. The highest BCUT2D eigenvalue weighted by Gasteiger charge is 2.35. The van der Waals surface area contributed by atoms with Crippen LogP contribution in [0.2, 0.25) is 0 Å². The van der Waals surface area contributed by atoms with E-state index in [1.807, 2.05) is 42.6 Å². The van der Waals surface area contributed by atoms with E-state index in [2.05, 4.69) is 0 Å². The number of aliphatic carboxylic acids is 1. The van der Waals surface area contributed by atoms with E-state index in [0.29, 0.717) is 39.2 Å². The smallest absolute Gasteiger partial charge is 0.300 e. The zero-order valence-electron chi connectivity index (χ0n) is 22.8. The first-order chi connectivity index (χ1) is 19.5. The Kier molecular flexibility index (Phi) is 9.76. The van der Waals surface area contributed by atoms with Gasteiger partial charge < -0.3 is 9.84 Å². The minimum Gasteiger partial charge on any atom is -0.481 e. The molecule has 1 unspecified atom stereocenters. The van der Waals surface area contributed by atoms with Crippen LogP contribution in [0.15, 0.2) is 70.6 Å². The fourth-order valence-electron chi connectivity index (χ4n) is 4.24. The van der Waals surface area contributed by atoms with Gasteiger partial charge in [0.2, 0.25) is 10.0 Å². The minimum atomic E-state index is -3.63. The first-order valence-corrected chi connectivity index (χ1v) is 15.4. The van der Waals surface area contributed by atoms with E-state index >= 15 is 0 Å². The molecule has 0 bridgehead atoms. The SMILES string of the molecule is CC(=O)O.CN(C)S(=O)(=O)c1cccc(-c2nn(-c3ccccc3)cc2/C=C2/SC(=S)N(CC3CCCO3)C2=O)c1. The topological polar surface area (TPSA) is 122 Å². The largest absolute Gasteiger partial charge is 0.481 e. The number of carboxylic acid groups (broad SMARTS) is 1. The number of rotatable bonds is 7. The minimum absolute atomic E-state index is 0.000345. The van der Waals surface area contributed by atoms with E-state index in [1.54, 1.807) is 33.9 Å². The van der Waals surface area contributed by atoms with Gasteiger partial charge >= 0.3 is 0 Å². The van der Waals surface area contributed by atoms with Gasteiger partial charge in [0.05, 0.1) is 28.1 Å². The molecule has 2 aromatic carbocycles. The highest BCUT2D eigenvalue weighted by Crippen LogP contribution is 2.36. The van der Waals surface area contributed by atoms with Crippen LogP contribution in [0.25, 0.3) is 23.0 Å². The molecule has 2 aliphatic rings. The highest BCUT2D eigenvalue weighted by molar-refractivity contribution is 8.26. The van der Waals surface area contributed by atoms with Crippen molar-refractivity contribution in [3.05, 3.63) is 71.3 Å². The Morgan fingerprint density at radius 1 is 1.22 bits per heavy atom. The normalized spacial score (nSPS) is 18.2. The number of thioether (sulfide) groups is 1. The molecule has 3 heterocycles. The zero-order chi connectivity index (χ0) is 29.7. The van der Waals surface area contributed by atoms with Crippen LogP contribution in [-0.4, -0.2) is 82.1 Å². The molecule has 1 N–H and O–H groups in total. The monoisotopic (exact) mass is 614 g/mol. The Hall–Kier alpha value is -3.36. The molecule has 0 aliphatic carbocycles. The van der Waals surface area contributed by atoms with Gasteiger partial charge in [-0.15, -0.1) is 0 Å². The Balaban J connectivity index is 0.000000909. The van der Waals surface area contributed by atoms with E-state index in [4.69, 9.17) is 32.0 Å². The number of nitrogens with zero attached hydrogens (tertiary/aromatic N) is 4. The third-order valence-electron chi connectivity index (χ3n) is 6.22. The molecule has 0 radical (unpaired) electrons. The number of aromatic nitrogens is 2. The molecular formula is C28H30N4O6S3. The zero-order valence-corrected chi connectivity index (χ0v) is 25.2. The van der Waals surface area contributed by atoms with Gasteiger partial charge in [-0.3, -0.25) is 14.5 Å². The molecule has 41 heavy (non-hydrogen) atoms. The lowest BCUT2D eigenvalue weighted by Gasteiger charge is -2.18. The summed E-state index contributed by atoms with van der Waals surface area (Å²) in [4.78, 5) is 24.5. The molecule has 3 aromatic rings. The number of carboxylic acids is 1. The standard InChI is InChI=1S/C26H26N4O4S3.C2H4O2/c1-28(2)37(32,33)22-12-6-8-18(14-22)24-19(16-30(27-24)20-9-4-3-5-10-20)15-23-25(31)29(26(35)36-23)17-21-11-7-13-34-21;1-2(3)4/h3-6,8-10,12,14-16,21H,7,11,13,17H2,1-2H3;1H3,(H,3,4)/b23-15+;. The van der Waals surface area contributed by atoms with Crippen molar-refractivity contribution in [3.63, 3.8) is 0 Å². The predicted molar refractivity (Wildman–Crippen MR) is 162 cm³/mol. The summed E-state index contributed by atoms with van der Waals surface area (Å²) >= 11 is 6.77. The lowest BCUT2D eigenvalue weighted by Crippen LogP contribution is -2.35. The average molecular weight is 615 g/mol. The number of thiocarbonyl (C=S) groups is 1. The van der Waals surface area contributed by atoms with Gasteiger partial charge in [0.1, 0.15) is 10.0 Å². The van der Waals surface area contributed by atoms with E-state index < -0.39 is 16.0 Å². The van der Waals surface area contributed by atoms with E-state index in [1.165, 1.54) is 30.2 Å². The molecule has 2 fully saturated rings. The quantitative estimate of drug-likeness (QED) is 0.307. The van der Waals surface area contributed by atoms with Crippen molar-refractivity contribution < 1.29 is 27.9 Å². The average Bonchev–Trinajstić information content (AvgIpc) is 3.66. The molecule has 216 valence electrons. The predicted octanol–water partition coefficient (Wildman–Crippen LogP) is 4.26. The van der Waals surface area contributed by atoms with Crippen molar-refractivity contribution in [2.24, 2.45) is 0 Å². The number of carbonyl (C=O) groups is 2. The van der Waals surface area contributed by atoms with Gasteiger partial charge in [-0.05, 0) is 43.2 Å². The number of benzene rings is 2. The molecule has 1 amide bonds. The van der Waals surface area contributed by atoms with Crippen LogP contribution < -0.4 is 0 Å². The summed E-state index contributed by atoms with van der Waals surface area (Å²) in [5.41, 5.74) is 2.70. The number of para-hydroxylation sites is 1. The van der Waals surface area contributed by atoms with Gasteiger partial charge in [-0.1, -0.05) is 54.3 Å². The van der Waals surface area contributed by atoms with E-state index in [-0.39, 0.29) is 16.9 Å². The lowest BCUT2D eigenvalue weighted by molar-refractivity contribution is -0.134. The van der Waals surface area contributed by atoms with Crippen LogP contribution in [-0.2, 0) is 24.3 Å². The molecule has 1 aromatic heterocycles. The Morgan fingerprint density at radius 2 is 1.93 bits per heavy atom. The molecule has 13 heteroatoms. The first kappa shape index (κ1) is 30.6. The summed E-state index contributed by atoms with van der Waals surface area (Å²) in [5, 5.41) is 12.2. The second-order valence-corrected chi connectivity index (χ2v) is 13.3. The first-order valence-electron chi connectivity index (χ1n) is 12.7. The van der Waals surface area contributed by atoms with Crippen molar-refractivity contribution in [2.75, 3.05) is 27.2 Å². The molecule has 2 saturated heterocycles. The number of amides is 1. The number of sulfonamides is 1. The summed E-state index contributed by atoms with van der Waals surface area (Å²) in [5.74, 6) is -0.993. The van der Waals surface area contributed by atoms with Crippen LogP contribution in [0.5, 0.6) is 0 Å². The van der Waals surface area contributed by atoms with Gasteiger partial charge in [0.25, 0.3) is 11.9 Å². The maximum Gasteiger partial charge on any atom is 0.300 e. The van der Waals surface area contributed by atoms with Gasteiger partial charge in [-0.2, -0.15) is 5.10 Å². The third-order valence-corrected chi connectivity index (χ3v) is 9.41. The molecule has 2 aliphatic heterocycles. The molecule has 0 spiro atoms. The Bertz CT molecular complexity index is 1570. The summed E-state index contributed by atoms with van der Waals surface area (Å²) in [6.45, 7) is 2.24. The summed E-state index contributed by atoms with van der Waals surface area (Å²) in [6.07, 6.45) is 5.52. The maximum absolute atomic E-state index is 13.3. The van der Waals surface area contributed by atoms with Crippen molar-refractivity contribution in [3.8, 4) is 16.9 Å². The van der Waals surface area contributed by atoms with Gasteiger partial charge in [0, 0.05) is 44.9 Å². The van der Waals surface area contributed by atoms with Crippen LogP contribution >= 0.6 is 24.0 Å². The molecule has 10 nitrogen and oxygen atoms in total. The summed E-state index contributed by atoms with van der Waals surface area (Å²) in [7, 11) is -0.641. The highest BCUT2D eigenvalue weighted by atomic mass is 32.2.